The number of fused-ring (bicyclic) bond motifs is 1. The van der Waals surface area contributed by atoms with Gasteiger partial charge in [0, 0.05) is 32.9 Å². The summed E-state index contributed by atoms with van der Waals surface area (Å²) in [6.45, 7) is 3.38. The fourth-order valence-corrected chi connectivity index (χ4v) is 4.11. The van der Waals surface area contributed by atoms with Gasteiger partial charge in [0.2, 0.25) is 11.9 Å². The molecule has 0 bridgehead atoms. The largest absolute Gasteiger partial charge is 0.465 e. The number of aliphatic imine (C=N–C) groups is 1. The van der Waals surface area contributed by atoms with E-state index in [2.05, 4.69) is 22.3 Å². The number of nitrogens with one attached hydrogen (secondary N) is 1. The second-order valence-corrected chi connectivity index (χ2v) is 8.04. The van der Waals surface area contributed by atoms with Crippen molar-refractivity contribution in [3.63, 3.8) is 0 Å². The molecule has 4 rings (SSSR count). The van der Waals surface area contributed by atoms with E-state index in [-0.39, 0.29) is 12.5 Å². The first-order chi connectivity index (χ1) is 15.0. The molecule has 1 amide bonds. The quantitative estimate of drug-likeness (QED) is 0.608. The number of hydrogen-bond donors (Lipinski definition) is 1. The number of anilines is 1. The third-order valence-corrected chi connectivity index (χ3v) is 5.82. The number of carbonyl (C=O) groups excluding carboxylic acids is 2. The standard InChI is InChI=1S/C24H28N4O3/c1-4-31-23(30)20-21(17-9-11-19(12-10-17)27(2)3)25-24(26-22(20)29)28-14-13-16-7-5-6-8-18(16)15-28/h5-12,20-21H,4,13-15H2,1-3H3,(H,25,26,29)/t20-,21+/m0/s1. The Morgan fingerprint density at radius 1 is 1.16 bits per heavy atom. The van der Waals surface area contributed by atoms with Gasteiger partial charge in [0.25, 0.3) is 0 Å². The summed E-state index contributed by atoms with van der Waals surface area (Å²) in [6, 6.07) is 15.5. The van der Waals surface area contributed by atoms with Crippen LogP contribution in [0, 0.1) is 5.92 Å². The summed E-state index contributed by atoms with van der Waals surface area (Å²) < 4.78 is 5.20. The van der Waals surface area contributed by atoms with E-state index in [0.29, 0.717) is 12.5 Å². The van der Waals surface area contributed by atoms with Crippen molar-refractivity contribution in [2.75, 3.05) is 32.1 Å². The van der Waals surface area contributed by atoms with Crippen LogP contribution < -0.4 is 10.2 Å². The number of nitrogens with zero attached hydrogens (tertiary/aromatic N) is 3. The second-order valence-electron chi connectivity index (χ2n) is 8.04. The molecule has 2 aliphatic rings. The molecule has 0 saturated carbocycles. The maximum Gasteiger partial charge on any atom is 0.321 e. The van der Waals surface area contributed by atoms with Crippen molar-refractivity contribution >= 4 is 23.5 Å². The van der Waals surface area contributed by atoms with E-state index in [0.717, 1.165) is 24.2 Å². The molecule has 0 fully saturated rings. The molecule has 0 unspecified atom stereocenters. The van der Waals surface area contributed by atoms with Crippen LogP contribution in [0.15, 0.2) is 53.5 Å². The number of hydrogen-bond acceptors (Lipinski definition) is 6. The minimum atomic E-state index is -1.01. The zero-order chi connectivity index (χ0) is 22.0. The Balaban J connectivity index is 1.68. The van der Waals surface area contributed by atoms with Gasteiger partial charge in [-0.2, -0.15) is 0 Å². The number of carbonyl (C=O) groups is 2. The maximum absolute atomic E-state index is 13.0. The molecule has 2 aromatic rings. The molecule has 2 atom stereocenters. The monoisotopic (exact) mass is 420 g/mol. The highest BCUT2D eigenvalue weighted by Crippen LogP contribution is 2.32. The van der Waals surface area contributed by atoms with Crippen LogP contribution in [0.25, 0.3) is 0 Å². The van der Waals surface area contributed by atoms with Crippen LogP contribution >= 0.6 is 0 Å². The zero-order valence-electron chi connectivity index (χ0n) is 18.2. The lowest BCUT2D eigenvalue weighted by molar-refractivity contribution is -0.153. The summed E-state index contributed by atoms with van der Waals surface area (Å²) in [7, 11) is 3.93. The van der Waals surface area contributed by atoms with Crippen LogP contribution in [0.2, 0.25) is 0 Å². The van der Waals surface area contributed by atoms with Gasteiger partial charge < -0.3 is 14.5 Å². The first-order valence-corrected chi connectivity index (χ1v) is 10.6. The molecule has 31 heavy (non-hydrogen) atoms. The Morgan fingerprint density at radius 2 is 1.87 bits per heavy atom. The predicted molar refractivity (Wildman–Crippen MR) is 120 cm³/mol. The van der Waals surface area contributed by atoms with E-state index in [1.807, 2.05) is 55.4 Å². The van der Waals surface area contributed by atoms with E-state index in [9.17, 15) is 9.59 Å². The first-order valence-electron chi connectivity index (χ1n) is 10.6. The molecule has 2 aliphatic heterocycles. The van der Waals surface area contributed by atoms with Crippen molar-refractivity contribution in [3.8, 4) is 0 Å². The van der Waals surface area contributed by atoms with Gasteiger partial charge in [0.15, 0.2) is 5.92 Å². The molecule has 2 aromatic carbocycles. The normalized spacial score (nSPS) is 20.4. The number of benzene rings is 2. The lowest BCUT2D eigenvalue weighted by atomic mass is 9.91. The predicted octanol–water partition coefficient (Wildman–Crippen LogP) is 2.52. The van der Waals surface area contributed by atoms with Crippen LogP contribution in [-0.2, 0) is 27.3 Å². The SMILES string of the molecule is CCOC(=O)[C@@H]1C(=O)NC(N2CCc3ccccc3C2)=N[C@@H]1c1ccc(N(C)C)cc1. The minimum absolute atomic E-state index is 0.217. The van der Waals surface area contributed by atoms with Crippen molar-refractivity contribution in [2.45, 2.75) is 25.9 Å². The van der Waals surface area contributed by atoms with Crippen LogP contribution in [-0.4, -0.2) is 50.0 Å². The topological polar surface area (TPSA) is 74.2 Å². The Hall–Kier alpha value is -3.35. The van der Waals surface area contributed by atoms with Gasteiger partial charge >= 0.3 is 5.97 Å². The Labute approximate surface area is 182 Å². The summed E-state index contributed by atoms with van der Waals surface area (Å²) in [5, 5.41) is 2.86. The van der Waals surface area contributed by atoms with Crippen LogP contribution in [0.1, 0.15) is 29.7 Å². The molecule has 0 aliphatic carbocycles. The van der Waals surface area contributed by atoms with E-state index in [1.54, 1.807) is 6.92 Å². The molecule has 7 nitrogen and oxygen atoms in total. The molecule has 2 heterocycles. The van der Waals surface area contributed by atoms with Crippen LogP contribution in [0.4, 0.5) is 5.69 Å². The van der Waals surface area contributed by atoms with E-state index in [4.69, 9.17) is 9.73 Å². The number of rotatable bonds is 4. The molecule has 162 valence electrons. The summed E-state index contributed by atoms with van der Waals surface area (Å²) in [5.41, 5.74) is 4.40. The van der Waals surface area contributed by atoms with E-state index in [1.165, 1.54) is 11.1 Å². The average Bonchev–Trinajstić information content (AvgIpc) is 2.78. The highest BCUT2D eigenvalue weighted by atomic mass is 16.5. The maximum atomic E-state index is 13.0. The van der Waals surface area contributed by atoms with E-state index < -0.39 is 17.9 Å². The molecular weight excluding hydrogens is 392 g/mol. The average molecular weight is 421 g/mol. The highest BCUT2D eigenvalue weighted by Gasteiger charge is 2.42. The lowest BCUT2D eigenvalue weighted by Crippen LogP contribution is -2.53. The summed E-state index contributed by atoms with van der Waals surface area (Å²) in [6.07, 6.45) is 0.883. The zero-order valence-corrected chi connectivity index (χ0v) is 18.2. The van der Waals surface area contributed by atoms with Gasteiger partial charge in [-0.25, -0.2) is 4.99 Å². The number of esters is 1. The molecule has 0 spiro atoms. The van der Waals surface area contributed by atoms with Crippen molar-refractivity contribution in [3.05, 3.63) is 65.2 Å². The number of ether oxygens (including phenoxy) is 1. The van der Waals surface area contributed by atoms with Crippen LogP contribution in [0.3, 0.4) is 0 Å². The third-order valence-electron chi connectivity index (χ3n) is 5.82. The van der Waals surface area contributed by atoms with Gasteiger partial charge in [-0.1, -0.05) is 36.4 Å². The Bertz CT molecular complexity index is 1000. The highest BCUT2D eigenvalue weighted by molar-refractivity contribution is 6.08. The van der Waals surface area contributed by atoms with E-state index >= 15 is 0 Å². The van der Waals surface area contributed by atoms with Gasteiger partial charge in [-0.05, 0) is 42.2 Å². The summed E-state index contributed by atoms with van der Waals surface area (Å²) >= 11 is 0. The van der Waals surface area contributed by atoms with Crippen molar-refractivity contribution in [1.29, 1.82) is 0 Å². The summed E-state index contributed by atoms with van der Waals surface area (Å²) in [4.78, 5) is 34.6. The number of amides is 1. The number of guanidine groups is 1. The first kappa shape index (κ1) is 20.9. The molecule has 0 aromatic heterocycles. The smallest absolute Gasteiger partial charge is 0.321 e. The van der Waals surface area contributed by atoms with Gasteiger partial charge in [0.05, 0.1) is 6.61 Å². The molecule has 7 heteroatoms. The molecule has 0 radical (unpaired) electrons. The molecule has 0 saturated heterocycles. The molecule has 1 N–H and O–H groups in total. The minimum Gasteiger partial charge on any atom is -0.465 e. The Morgan fingerprint density at radius 3 is 2.55 bits per heavy atom. The van der Waals surface area contributed by atoms with Gasteiger partial charge in [-0.3, -0.25) is 14.9 Å². The fourth-order valence-electron chi connectivity index (χ4n) is 4.11. The lowest BCUT2D eigenvalue weighted by Gasteiger charge is -2.36. The Kier molecular flexibility index (Phi) is 5.93. The van der Waals surface area contributed by atoms with Gasteiger partial charge in [0.1, 0.15) is 6.04 Å². The second kappa shape index (κ2) is 8.79. The van der Waals surface area contributed by atoms with Crippen LogP contribution in [0.5, 0.6) is 0 Å². The van der Waals surface area contributed by atoms with Crippen molar-refractivity contribution < 1.29 is 14.3 Å². The fraction of sp³-hybridized carbons (Fsp3) is 0.375. The summed E-state index contributed by atoms with van der Waals surface area (Å²) in [5.74, 6) is -1.41. The van der Waals surface area contributed by atoms with Gasteiger partial charge in [-0.15, -0.1) is 0 Å². The van der Waals surface area contributed by atoms with Crippen molar-refractivity contribution in [2.24, 2.45) is 10.9 Å². The van der Waals surface area contributed by atoms with Crippen molar-refractivity contribution in [1.82, 2.24) is 10.2 Å². The third kappa shape index (κ3) is 4.26. The molecular formula is C24H28N4O3.